The van der Waals surface area contributed by atoms with Crippen molar-refractivity contribution in [1.82, 2.24) is 25.1 Å². The molecule has 34 heavy (non-hydrogen) atoms. The standard InChI is InChI=1S/C26H27N5O2S/c1-4-18(2)28-25(32)21-7-5-19(6-8-21)17-34-26-30-29-24(20-13-15-27-16-14-20)31(26)22-9-11-23(33-3)12-10-22/h5-16,18H,4,17H2,1-3H3,(H,28,32)/t18-/m0/s1. The molecule has 0 radical (unpaired) electrons. The Morgan fingerprint density at radius 2 is 1.74 bits per heavy atom. The first kappa shape index (κ1) is 23.5. The Balaban J connectivity index is 1.56. The summed E-state index contributed by atoms with van der Waals surface area (Å²) in [5.74, 6) is 2.17. The molecule has 0 aliphatic rings. The number of ether oxygens (including phenoxy) is 1. The predicted molar refractivity (Wildman–Crippen MR) is 134 cm³/mol. The summed E-state index contributed by atoms with van der Waals surface area (Å²) >= 11 is 1.59. The van der Waals surface area contributed by atoms with E-state index >= 15 is 0 Å². The number of nitrogens with one attached hydrogen (secondary N) is 1. The second-order valence-corrected chi connectivity index (χ2v) is 8.79. The zero-order valence-electron chi connectivity index (χ0n) is 19.4. The molecule has 2 heterocycles. The predicted octanol–water partition coefficient (Wildman–Crippen LogP) is 5.16. The molecule has 0 fully saturated rings. The molecule has 8 heteroatoms. The molecule has 0 spiro atoms. The first-order chi connectivity index (χ1) is 16.6. The Morgan fingerprint density at radius 3 is 2.38 bits per heavy atom. The van der Waals surface area contributed by atoms with Gasteiger partial charge in [0.05, 0.1) is 7.11 Å². The van der Waals surface area contributed by atoms with Crippen LogP contribution in [0.4, 0.5) is 0 Å². The van der Waals surface area contributed by atoms with Crippen LogP contribution in [0.5, 0.6) is 5.75 Å². The number of hydrogen-bond acceptors (Lipinski definition) is 6. The van der Waals surface area contributed by atoms with Crippen LogP contribution in [0.2, 0.25) is 0 Å². The van der Waals surface area contributed by atoms with Crippen LogP contribution in [0.3, 0.4) is 0 Å². The number of aromatic nitrogens is 4. The highest BCUT2D eigenvalue weighted by Crippen LogP contribution is 2.30. The van der Waals surface area contributed by atoms with Gasteiger partial charge in [0.2, 0.25) is 0 Å². The molecule has 0 saturated heterocycles. The van der Waals surface area contributed by atoms with E-state index in [1.165, 1.54) is 0 Å². The van der Waals surface area contributed by atoms with Crippen LogP contribution >= 0.6 is 11.8 Å². The largest absolute Gasteiger partial charge is 0.497 e. The summed E-state index contributed by atoms with van der Waals surface area (Å²) in [6.45, 7) is 4.05. The molecule has 2 aromatic heterocycles. The maximum atomic E-state index is 12.3. The number of carbonyl (C=O) groups excluding carboxylic acids is 1. The number of benzene rings is 2. The maximum absolute atomic E-state index is 12.3. The highest BCUT2D eigenvalue weighted by atomic mass is 32.2. The van der Waals surface area contributed by atoms with E-state index in [4.69, 9.17) is 4.74 Å². The summed E-state index contributed by atoms with van der Waals surface area (Å²) in [6.07, 6.45) is 4.39. The maximum Gasteiger partial charge on any atom is 0.251 e. The SMILES string of the molecule is CC[C@H](C)NC(=O)c1ccc(CSc2nnc(-c3ccncc3)n2-c2ccc(OC)cc2)cc1. The van der Waals surface area contributed by atoms with Gasteiger partial charge in [0.1, 0.15) is 5.75 Å². The average Bonchev–Trinajstić information content (AvgIpc) is 3.32. The van der Waals surface area contributed by atoms with Gasteiger partial charge in [-0.25, -0.2) is 0 Å². The fourth-order valence-corrected chi connectivity index (χ4v) is 4.23. The number of thioether (sulfide) groups is 1. The first-order valence-corrected chi connectivity index (χ1v) is 12.1. The van der Waals surface area contributed by atoms with Crippen LogP contribution in [0.25, 0.3) is 17.1 Å². The minimum Gasteiger partial charge on any atom is -0.497 e. The second kappa shape index (κ2) is 11.0. The lowest BCUT2D eigenvalue weighted by Crippen LogP contribution is -2.31. The Kier molecular flexibility index (Phi) is 7.59. The zero-order valence-corrected chi connectivity index (χ0v) is 20.2. The molecular formula is C26H27N5O2S. The van der Waals surface area contributed by atoms with Crippen molar-refractivity contribution in [3.8, 4) is 22.8 Å². The van der Waals surface area contributed by atoms with E-state index in [9.17, 15) is 4.79 Å². The lowest BCUT2D eigenvalue weighted by atomic mass is 10.1. The van der Waals surface area contributed by atoms with Crippen molar-refractivity contribution in [3.05, 3.63) is 84.2 Å². The van der Waals surface area contributed by atoms with Crippen molar-refractivity contribution < 1.29 is 9.53 Å². The molecule has 0 aliphatic heterocycles. The molecule has 4 rings (SSSR count). The molecule has 1 atom stereocenters. The van der Waals surface area contributed by atoms with E-state index in [1.54, 1.807) is 31.3 Å². The van der Waals surface area contributed by atoms with Gasteiger partial charge < -0.3 is 10.1 Å². The number of methoxy groups -OCH3 is 1. The third-order valence-corrected chi connectivity index (χ3v) is 6.48. The summed E-state index contributed by atoms with van der Waals surface area (Å²) in [7, 11) is 1.65. The molecular weight excluding hydrogens is 446 g/mol. The Morgan fingerprint density at radius 1 is 1.03 bits per heavy atom. The van der Waals surface area contributed by atoms with Gasteiger partial charge in [0, 0.05) is 41.0 Å². The summed E-state index contributed by atoms with van der Waals surface area (Å²) < 4.78 is 7.34. The number of rotatable bonds is 9. The molecule has 4 aromatic rings. The van der Waals surface area contributed by atoms with Gasteiger partial charge in [-0.15, -0.1) is 10.2 Å². The van der Waals surface area contributed by atoms with Crippen molar-refractivity contribution in [3.63, 3.8) is 0 Å². The average molecular weight is 474 g/mol. The van der Waals surface area contributed by atoms with Crippen LogP contribution < -0.4 is 10.1 Å². The summed E-state index contributed by atoms with van der Waals surface area (Å²) in [5.41, 5.74) is 3.63. The van der Waals surface area contributed by atoms with E-state index < -0.39 is 0 Å². The van der Waals surface area contributed by atoms with Gasteiger partial charge >= 0.3 is 0 Å². The lowest BCUT2D eigenvalue weighted by Gasteiger charge is -2.12. The van der Waals surface area contributed by atoms with Gasteiger partial charge in [-0.1, -0.05) is 30.8 Å². The molecule has 1 amide bonds. The molecule has 7 nitrogen and oxygen atoms in total. The third-order valence-electron chi connectivity index (χ3n) is 5.48. The first-order valence-electron chi connectivity index (χ1n) is 11.1. The van der Waals surface area contributed by atoms with Crippen LogP contribution in [0.15, 0.2) is 78.2 Å². The smallest absolute Gasteiger partial charge is 0.251 e. The van der Waals surface area contributed by atoms with Crippen molar-refractivity contribution in [1.29, 1.82) is 0 Å². The van der Waals surface area contributed by atoms with Crippen LogP contribution in [-0.2, 0) is 5.75 Å². The van der Waals surface area contributed by atoms with Crippen LogP contribution in [0.1, 0.15) is 36.2 Å². The van der Waals surface area contributed by atoms with Gasteiger partial charge in [0.15, 0.2) is 11.0 Å². The van der Waals surface area contributed by atoms with E-state index in [0.717, 1.165) is 40.0 Å². The molecule has 0 aliphatic carbocycles. The van der Waals surface area contributed by atoms with Crippen molar-refractivity contribution in [2.24, 2.45) is 0 Å². The molecule has 174 valence electrons. The van der Waals surface area contributed by atoms with E-state index in [2.05, 4.69) is 27.4 Å². The van der Waals surface area contributed by atoms with Crippen molar-refractivity contribution >= 4 is 17.7 Å². The zero-order chi connectivity index (χ0) is 23.9. The monoisotopic (exact) mass is 473 g/mol. The van der Waals surface area contributed by atoms with E-state index in [1.807, 2.05) is 72.2 Å². The summed E-state index contributed by atoms with van der Waals surface area (Å²) in [5, 5.41) is 12.7. The number of amides is 1. The minimum absolute atomic E-state index is 0.0465. The van der Waals surface area contributed by atoms with Crippen LogP contribution in [0, 0.1) is 0 Å². The fourth-order valence-electron chi connectivity index (χ4n) is 3.32. The molecule has 0 saturated carbocycles. The Bertz CT molecular complexity index is 1220. The minimum atomic E-state index is -0.0465. The van der Waals surface area contributed by atoms with Gasteiger partial charge in [-0.05, 0) is 67.4 Å². The van der Waals surface area contributed by atoms with Gasteiger partial charge in [-0.3, -0.25) is 14.3 Å². The van der Waals surface area contributed by atoms with Crippen LogP contribution in [-0.4, -0.2) is 38.8 Å². The highest BCUT2D eigenvalue weighted by molar-refractivity contribution is 7.98. The number of nitrogens with zero attached hydrogens (tertiary/aromatic N) is 4. The molecule has 2 aromatic carbocycles. The second-order valence-electron chi connectivity index (χ2n) is 7.84. The Labute approximate surface area is 203 Å². The van der Waals surface area contributed by atoms with Gasteiger partial charge in [-0.2, -0.15) is 0 Å². The highest BCUT2D eigenvalue weighted by Gasteiger charge is 2.17. The summed E-state index contributed by atoms with van der Waals surface area (Å²) in [6, 6.07) is 19.5. The number of carbonyl (C=O) groups is 1. The Hall–Kier alpha value is -3.65. The lowest BCUT2D eigenvalue weighted by molar-refractivity contribution is 0.0939. The molecule has 1 N–H and O–H groups in total. The van der Waals surface area contributed by atoms with Crippen molar-refractivity contribution in [2.45, 2.75) is 37.2 Å². The number of hydrogen-bond donors (Lipinski definition) is 1. The number of pyridine rings is 1. The fraction of sp³-hybridized carbons (Fsp3) is 0.231. The van der Waals surface area contributed by atoms with Crippen molar-refractivity contribution in [2.75, 3.05) is 7.11 Å². The normalized spacial score (nSPS) is 11.7. The van der Waals surface area contributed by atoms with E-state index in [-0.39, 0.29) is 11.9 Å². The third kappa shape index (κ3) is 5.46. The quantitative estimate of drug-likeness (QED) is 0.338. The topological polar surface area (TPSA) is 81.9 Å². The van der Waals surface area contributed by atoms with Gasteiger partial charge in [0.25, 0.3) is 5.91 Å². The summed E-state index contributed by atoms with van der Waals surface area (Å²) in [4.78, 5) is 16.4. The molecule has 0 unspecified atom stereocenters. The molecule has 0 bridgehead atoms. The van der Waals surface area contributed by atoms with E-state index in [0.29, 0.717) is 11.3 Å².